The molecule has 0 radical (unpaired) electrons. The average molecular weight is 279 g/mol. The first-order valence-corrected chi connectivity index (χ1v) is 7.48. The van der Waals surface area contributed by atoms with Crippen molar-refractivity contribution in [3.63, 3.8) is 0 Å². The molecular weight excluding hydrogens is 258 g/mol. The highest BCUT2D eigenvalue weighted by atomic mass is 32.1. The van der Waals surface area contributed by atoms with Crippen LogP contribution < -0.4 is 5.73 Å². The van der Waals surface area contributed by atoms with E-state index < -0.39 is 0 Å². The highest BCUT2D eigenvalue weighted by Crippen LogP contribution is 2.19. The van der Waals surface area contributed by atoms with Gasteiger partial charge in [0.1, 0.15) is 0 Å². The Hall–Kier alpha value is -1.24. The van der Waals surface area contributed by atoms with Crippen LogP contribution in [0.5, 0.6) is 0 Å². The molecule has 0 aliphatic heterocycles. The van der Waals surface area contributed by atoms with Crippen LogP contribution >= 0.6 is 11.3 Å². The van der Waals surface area contributed by atoms with Crippen LogP contribution in [-0.4, -0.2) is 33.3 Å². The zero-order chi connectivity index (χ0) is 13.7. The number of hydrogen-bond acceptors (Lipinski definition) is 5. The minimum Gasteiger partial charge on any atom is -0.329 e. The lowest BCUT2D eigenvalue weighted by molar-refractivity contribution is 0.239. The monoisotopic (exact) mass is 279 g/mol. The Morgan fingerprint density at radius 2 is 2.37 bits per heavy atom. The van der Waals surface area contributed by atoms with Crippen LogP contribution in [0, 0.1) is 0 Å². The van der Waals surface area contributed by atoms with Gasteiger partial charge in [-0.15, -0.1) is 11.3 Å². The predicted molar refractivity (Wildman–Crippen MR) is 77.9 cm³/mol. The number of hydrogen-bond donors (Lipinski definition) is 1. The first-order valence-electron chi connectivity index (χ1n) is 6.54. The SMILES string of the molecule is CCCn1cc(C(CN)N(C)Cc2cscn2)cn1. The molecule has 0 saturated heterocycles. The topological polar surface area (TPSA) is 60.0 Å². The van der Waals surface area contributed by atoms with Crippen molar-refractivity contribution in [1.82, 2.24) is 19.7 Å². The molecule has 0 spiro atoms. The summed E-state index contributed by atoms with van der Waals surface area (Å²) in [7, 11) is 2.08. The van der Waals surface area contributed by atoms with E-state index in [1.807, 2.05) is 16.4 Å². The predicted octanol–water partition coefficient (Wildman–Crippen LogP) is 1.88. The van der Waals surface area contributed by atoms with Crippen LogP contribution in [0.4, 0.5) is 0 Å². The third kappa shape index (κ3) is 3.62. The van der Waals surface area contributed by atoms with E-state index in [0.29, 0.717) is 6.54 Å². The largest absolute Gasteiger partial charge is 0.329 e. The lowest BCUT2D eigenvalue weighted by Gasteiger charge is -2.25. The molecule has 5 nitrogen and oxygen atoms in total. The van der Waals surface area contributed by atoms with E-state index in [2.05, 4.69) is 40.5 Å². The van der Waals surface area contributed by atoms with Gasteiger partial charge in [0.05, 0.1) is 23.4 Å². The Morgan fingerprint density at radius 1 is 1.53 bits per heavy atom. The summed E-state index contributed by atoms with van der Waals surface area (Å²) in [6, 6.07) is 0.187. The molecular formula is C13H21N5S. The third-order valence-corrected chi connectivity index (χ3v) is 3.78. The molecule has 2 aromatic heterocycles. The molecule has 6 heteroatoms. The van der Waals surface area contributed by atoms with Crippen molar-refractivity contribution in [2.24, 2.45) is 5.73 Å². The fourth-order valence-corrected chi connectivity index (χ4v) is 2.70. The Bertz CT molecular complexity index is 479. The van der Waals surface area contributed by atoms with E-state index >= 15 is 0 Å². The van der Waals surface area contributed by atoms with Crippen LogP contribution in [0.1, 0.15) is 30.6 Å². The molecule has 19 heavy (non-hydrogen) atoms. The normalized spacial score (nSPS) is 13.1. The second-order valence-corrected chi connectivity index (χ2v) is 5.40. The zero-order valence-corrected chi connectivity index (χ0v) is 12.3. The van der Waals surface area contributed by atoms with E-state index in [1.54, 1.807) is 11.3 Å². The smallest absolute Gasteiger partial charge is 0.0795 e. The van der Waals surface area contributed by atoms with Crippen molar-refractivity contribution in [2.75, 3.05) is 13.6 Å². The van der Waals surface area contributed by atoms with Crippen LogP contribution in [0.2, 0.25) is 0 Å². The lowest BCUT2D eigenvalue weighted by atomic mass is 10.1. The van der Waals surface area contributed by atoms with Gasteiger partial charge in [-0.05, 0) is 13.5 Å². The highest BCUT2D eigenvalue weighted by molar-refractivity contribution is 7.07. The number of likely N-dealkylation sites (N-methyl/N-ethyl adjacent to an activating group) is 1. The first-order chi connectivity index (χ1) is 9.24. The lowest BCUT2D eigenvalue weighted by Crippen LogP contribution is -2.30. The second kappa shape index (κ2) is 6.79. The van der Waals surface area contributed by atoms with Gasteiger partial charge < -0.3 is 5.73 Å². The summed E-state index contributed by atoms with van der Waals surface area (Å²) in [6.07, 6.45) is 5.10. The number of aryl methyl sites for hydroxylation is 1. The molecule has 0 fully saturated rings. The van der Waals surface area contributed by atoms with E-state index in [9.17, 15) is 0 Å². The second-order valence-electron chi connectivity index (χ2n) is 4.68. The van der Waals surface area contributed by atoms with Crippen LogP contribution in [0.3, 0.4) is 0 Å². The fourth-order valence-electron chi connectivity index (χ4n) is 2.15. The van der Waals surface area contributed by atoms with Gasteiger partial charge in [0.15, 0.2) is 0 Å². The Balaban J connectivity index is 2.05. The summed E-state index contributed by atoms with van der Waals surface area (Å²) < 4.78 is 1.98. The third-order valence-electron chi connectivity index (χ3n) is 3.14. The van der Waals surface area contributed by atoms with Crippen LogP contribution in [-0.2, 0) is 13.1 Å². The van der Waals surface area contributed by atoms with Gasteiger partial charge in [0.25, 0.3) is 0 Å². The van der Waals surface area contributed by atoms with Crippen molar-refractivity contribution < 1.29 is 0 Å². The molecule has 104 valence electrons. The maximum Gasteiger partial charge on any atom is 0.0795 e. The fraction of sp³-hybridized carbons (Fsp3) is 0.538. The molecule has 0 amide bonds. The number of nitrogens with zero attached hydrogens (tertiary/aromatic N) is 4. The van der Waals surface area contributed by atoms with Crippen molar-refractivity contribution in [3.8, 4) is 0 Å². The van der Waals surface area contributed by atoms with E-state index in [4.69, 9.17) is 5.73 Å². The standard InChI is InChI=1S/C13H21N5S/c1-3-4-18-7-11(6-16-18)13(5-14)17(2)8-12-9-19-10-15-12/h6-7,9-10,13H,3-5,8,14H2,1-2H3. The minimum atomic E-state index is 0.187. The van der Waals surface area contributed by atoms with E-state index in [-0.39, 0.29) is 6.04 Å². The maximum atomic E-state index is 5.92. The molecule has 1 atom stereocenters. The van der Waals surface area contributed by atoms with Gasteiger partial charge >= 0.3 is 0 Å². The number of aromatic nitrogens is 3. The molecule has 0 aliphatic rings. The highest BCUT2D eigenvalue weighted by Gasteiger charge is 2.18. The maximum absolute atomic E-state index is 5.92. The summed E-state index contributed by atoms with van der Waals surface area (Å²) in [6.45, 7) is 4.49. The van der Waals surface area contributed by atoms with Crippen molar-refractivity contribution in [1.29, 1.82) is 0 Å². The van der Waals surface area contributed by atoms with Crippen molar-refractivity contribution in [3.05, 3.63) is 34.5 Å². The number of thiazole rings is 1. The van der Waals surface area contributed by atoms with Crippen molar-refractivity contribution in [2.45, 2.75) is 32.5 Å². The van der Waals surface area contributed by atoms with Crippen molar-refractivity contribution >= 4 is 11.3 Å². The van der Waals surface area contributed by atoms with Gasteiger partial charge in [-0.2, -0.15) is 5.10 Å². The van der Waals surface area contributed by atoms with Gasteiger partial charge in [0, 0.05) is 36.8 Å². The van der Waals surface area contributed by atoms with E-state index in [1.165, 1.54) is 5.56 Å². The number of rotatable bonds is 7. The summed E-state index contributed by atoms with van der Waals surface area (Å²) in [5, 5.41) is 6.45. The summed E-state index contributed by atoms with van der Waals surface area (Å²) in [5.41, 5.74) is 10.0. The molecule has 0 saturated carbocycles. The summed E-state index contributed by atoms with van der Waals surface area (Å²) in [5.74, 6) is 0. The molecule has 0 aliphatic carbocycles. The Morgan fingerprint density at radius 3 is 3.00 bits per heavy atom. The molecule has 0 bridgehead atoms. The van der Waals surface area contributed by atoms with Crippen LogP contribution in [0.25, 0.3) is 0 Å². The molecule has 2 heterocycles. The minimum absolute atomic E-state index is 0.187. The van der Waals surface area contributed by atoms with Gasteiger partial charge in [0.2, 0.25) is 0 Å². The van der Waals surface area contributed by atoms with Gasteiger partial charge in [-0.3, -0.25) is 9.58 Å². The molecule has 2 aromatic rings. The molecule has 2 N–H and O–H groups in total. The quantitative estimate of drug-likeness (QED) is 0.840. The Kier molecular flexibility index (Phi) is 5.07. The zero-order valence-electron chi connectivity index (χ0n) is 11.5. The molecule has 0 aromatic carbocycles. The summed E-state index contributed by atoms with van der Waals surface area (Å²) >= 11 is 1.62. The van der Waals surface area contributed by atoms with E-state index in [0.717, 1.165) is 25.2 Å². The first kappa shape index (κ1) is 14.2. The molecule has 2 rings (SSSR count). The Labute approximate surface area is 118 Å². The van der Waals surface area contributed by atoms with Gasteiger partial charge in [-0.25, -0.2) is 4.98 Å². The number of nitrogens with two attached hydrogens (primary N) is 1. The summed E-state index contributed by atoms with van der Waals surface area (Å²) in [4.78, 5) is 6.54. The average Bonchev–Trinajstić information content (AvgIpc) is 3.03. The van der Waals surface area contributed by atoms with Crippen LogP contribution in [0.15, 0.2) is 23.3 Å². The molecule has 1 unspecified atom stereocenters. The van der Waals surface area contributed by atoms with Gasteiger partial charge in [-0.1, -0.05) is 6.92 Å².